The van der Waals surface area contributed by atoms with Gasteiger partial charge in [0.15, 0.2) is 0 Å². The Morgan fingerprint density at radius 1 is 1.73 bits per heavy atom. The largest absolute Gasteiger partial charge is 0.463 e. The fourth-order valence-electron chi connectivity index (χ4n) is 0.619. The summed E-state index contributed by atoms with van der Waals surface area (Å²) in [5.41, 5.74) is -0.370. The van der Waals surface area contributed by atoms with Crippen LogP contribution in [0.5, 0.6) is 0 Å². The lowest BCUT2D eigenvalue weighted by molar-refractivity contribution is 0.0541. The van der Waals surface area contributed by atoms with Crippen molar-refractivity contribution in [1.82, 2.24) is 4.74 Å². The number of hydrogen-bond acceptors (Lipinski definition) is 4. The standard InChI is InChI=1S/C6H7NO4/c1-7-5(8)3-4(11-7)6(9)10-2/h3H,1-2H3. The van der Waals surface area contributed by atoms with E-state index in [0.29, 0.717) is 0 Å². The van der Waals surface area contributed by atoms with Crippen molar-refractivity contribution in [2.45, 2.75) is 0 Å². The molecule has 1 rings (SSSR count). The van der Waals surface area contributed by atoms with Crippen LogP contribution in [0.1, 0.15) is 10.6 Å². The second-order valence-electron chi connectivity index (χ2n) is 1.93. The van der Waals surface area contributed by atoms with Crippen molar-refractivity contribution in [2.24, 2.45) is 7.05 Å². The Morgan fingerprint density at radius 2 is 2.36 bits per heavy atom. The predicted octanol–water partition coefficient (Wildman–Crippen LogP) is -0.235. The Morgan fingerprint density at radius 3 is 2.73 bits per heavy atom. The van der Waals surface area contributed by atoms with Crippen LogP contribution in [-0.4, -0.2) is 17.8 Å². The molecule has 11 heavy (non-hydrogen) atoms. The molecule has 0 unspecified atom stereocenters. The van der Waals surface area contributed by atoms with Crippen molar-refractivity contribution < 1.29 is 14.1 Å². The zero-order chi connectivity index (χ0) is 8.43. The summed E-state index contributed by atoms with van der Waals surface area (Å²) in [4.78, 5) is 21.4. The highest BCUT2D eigenvalue weighted by Gasteiger charge is 2.11. The van der Waals surface area contributed by atoms with E-state index in [1.165, 1.54) is 14.2 Å². The van der Waals surface area contributed by atoms with Gasteiger partial charge >= 0.3 is 5.97 Å². The first kappa shape index (κ1) is 7.59. The summed E-state index contributed by atoms with van der Waals surface area (Å²) in [7, 11) is 2.63. The minimum absolute atomic E-state index is 0.0833. The molecule has 0 amide bonds. The number of carbonyl (C=O) groups is 1. The van der Waals surface area contributed by atoms with E-state index < -0.39 is 5.97 Å². The van der Waals surface area contributed by atoms with Crippen LogP contribution in [0, 0.1) is 0 Å². The maximum absolute atomic E-state index is 10.7. The summed E-state index contributed by atoms with van der Waals surface area (Å²) in [6.45, 7) is 0. The highest BCUT2D eigenvalue weighted by molar-refractivity contribution is 5.85. The second-order valence-corrected chi connectivity index (χ2v) is 1.93. The van der Waals surface area contributed by atoms with Gasteiger partial charge in [-0.15, -0.1) is 0 Å². The van der Waals surface area contributed by atoms with Gasteiger partial charge in [-0.05, 0) is 0 Å². The highest BCUT2D eigenvalue weighted by Crippen LogP contribution is 1.95. The Labute approximate surface area is 62.1 Å². The lowest BCUT2D eigenvalue weighted by Gasteiger charge is -1.90. The Hall–Kier alpha value is -1.52. The maximum Gasteiger partial charge on any atom is 0.376 e. The molecule has 0 aliphatic carbocycles. The van der Waals surface area contributed by atoms with Crippen molar-refractivity contribution in [3.05, 3.63) is 22.2 Å². The van der Waals surface area contributed by atoms with Crippen LogP contribution in [-0.2, 0) is 11.8 Å². The van der Waals surface area contributed by atoms with Gasteiger partial charge < -0.3 is 9.26 Å². The van der Waals surface area contributed by atoms with Crippen LogP contribution < -0.4 is 5.56 Å². The molecule has 5 heteroatoms. The molecule has 1 heterocycles. The fourth-order valence-corrected chi connectivity index (χ4v) is 0.619. The molecule has 0 atom stereocenters. The highest BCUT2D eigenvalue weighted by atomic mass is 16.6. The normalized spacial score (nSPS) is 9.64. The lowest BCUT2D eigenvalue weighted by Crippen LogP contribution is -2.07. The summed E-state index contributed by atoms with van der Waals surface area (Å²) in [6, 6.07) is 1.08. The minimum atomic E-state index is -0.650. The second kappa shape index (κ2) is 2.61. The van der Waals surface area contributed by atoms with Gasteiger partial charge in [-0.2, -0.15) is 4.74 Å². The van der Waals surface area contributed by atoms with E-state index >= 15 is 0 Å². The van der Waals surface area contributed by atoms with E-state index in [1.807, 2.05) is 0 Å². The Balaban J connectivity index is 3.07. The topological polar surface area (TPSA) is 61.4 Å². The zero-order valence-corrected chi connectivity index (χ0v) is 6.16. The molecule has 0 spiro atoms. The summed E-state index contributed by atoms with van der Waals surface area (Å²) < 4.78 is 9.97. The molecule has 0 aliphatic rings. The third-order valence-electron chi connectivity index (χ3n) is 1.19. The molecule has 0 aliphatic heterocycles. The van der Waals surface area contributed by atoms with Gasteiger partial charge in [0.1, 0.15) is 0 Å². The van der Waals surface area contributed by atoms with Crippen molar-refractivity contribution in [3.8, 4) is 0 Å². The number of carbonyl (C=O) groups excluding carboxylic acids is 1. The molecular formula is C6H7NO4. The molecule has 0 saturated carbocycles. The minimum Gasteiger partial charge on any atom is -0.463 e. The molecule has 0 radical (unpaired) electrons. The number of nitrogens with zero attached hydrogens (tertiary/aromatic N) is 1. The maximum atomic E-state index is 10.7. The van der Waals surface area contributed by atoms with Crippen LogP contribution in [0.25, 0.3) is 0 Å². The van der Waals surface area contributed by atoms with E-state index in [1.54, 1.807) is 0 Å². The average molecular weight is 157 g/mol. The third-order valence-corrected chi connectivity index (χ3v) is 1.19. The fraction of sp³-hybridized carbons (Fsp3) is 0.333. The van der Waals surface area contributed by atoms with Crippen molar-refractivity contribution in [2.75, 3.05) is 7.11 Å². The monoisotopic (exact) mass is 157 g/mol. The van der Waals surface area contributed by atoms with Crippen molar-refractivity contribution in [1.29, 1.82) is 0 Å². The molecule has 0 N–H and O–H groups in total. The summed E-state index contributed by atoms with van der Waals surface area (Å²) in [5, 5.41) is 0. The van der Waals surface area contributed by atoms with Gasteiger partial charge in [0, 0.05) is 7.05 Å². The van der Waals surface area contributed by atoms with Gasteiger partial charge in [0.25, 0.3) is 5.56 Å². The molecule has 1 aromatic rings. The van der Waals surface area contributed by atoms with Gasteiger partial charge in [0.05, 0.1) is 13.2 Å². The molecule has 1 aromatic heterocycles. The van der Waals surface area contributed by atoms with Crippen molar-refractivity contribution >= 4 is 5.97 Å². The predicted molar refractivity (Wildman–Crippen MR) is 35.3 cm³/mol. The molecule has 0 aromatic carbocycles. The van der Waals surface area contributed by atoms with E-state index in [9.17, 15) is 9.59 Å². The van der Waals surface area contributed by atoms with Gasteiger partial charge in [-0.25, -0.2) is 4.79 Å². The number of methoxy groups -OCH3 is 1. The lowest BCUT2D eigenvalue weighted by atomic mass is 10.5. The smallest absolute Gasteiger partial charge is 0.376 e. The van der Waals surface area contributed by atoms with Crippen LogP contribution in [0.4, 0.5) is 0 Å². The first-order chi connectivity index (χ1) is 5.15. The van der Waals surface area contributed by atoms with E-state index in [0.717, 1.165) is 10.8 Å². The van der Waals surface area contributed by atoms with E-state index in [-0.39, 0.29) is 11.3 Å². The Bertz CT molecular complexity index is 322. The third kappa shape index (κ3) is 1.31. The first-order valence-corrected chi connectivity index (χ1v) is 2.91. The van der Waals surface area contributed by atoms with Gasteiger partial charge in [-0.3, -0.25) is 4.79 Å². The molecule has 0 fully saturated rings. The van der Waals surface area contributed by atoms with Crippen molar-refractivity contribution in [3.63, 3.8) is 0 Å². The van der Waals surface area contributed by atoms with Crippen LogP contribution in [0.2, 0.25) is 0 Å². The number of ether oxygens (including phenoxy) is 1. The van der Waals surface area contributed by atoms with Gasteiger partial charge in [0.2, 0.25) is 5.76 Å². The molecule has 0 bridgehead atoms. The Kier molecular flexibility index (Phi) is 1.80. The van der Waals surface area contributed by atoms with Crippen LogP contribution >= 0.6 is 0 Å². The molecule has 5 nitrogen and oxygen atoms in total. The summed E-state index contributed by atoms with van der Waals surface area (Å²) in [5.74, 6) is -0.734. The molecular weight excluding hydrogens is 150 g/mol. The number of rotatable bonds is 1. The molecule has 0 saturated heterocycles. The van der Waals surface area contributed by atoms with E-state index in [2.05, 4.69) is 4.74 Å². The van der Waals surface area contributed by atoms with Crippen LogP contribution in [0.3, 0.4) is 0 Å². The van der Waals surface area contributed by atoms with Crippen LogP contribution in [0.15, 0.2) is 15.4 Å². The number of esters is 1. The quantitative estimate of drug-likeness (QED) is 0.528. The first-order valence-electron chi connectivity index (χ1n) is 2.91. The SMILES string of the molecule is COC(=O)c1cc(=O)n(C)o1. The number of hydrogen-bond donors (Lipinski definition) is 0. The molecule has 60 valence electrons. The summed E-state index contributed by atoms with van der Waals surface area (Å²) >= 11 is 0. The summed E-state index contributed by atoms with van der Waals surface area (Å²) in [6.07, 6.45) is 0. The number of aryl methyl sites for hydroxylation is 1. The number of aromatic nitrogens is 1. The van der Waals surface area contributed by atoms with E-state index in [4.69, 9.17) is 4.52 Å². The van der Waals surface area contributed by atoms with Gasteiger partial charge in [-0.1, -0.05) is 0 Å². The zero-order valence-electron chi connectivity index (χ0n) is 6.16. The average Bonchev–Trinajstić information content (AvgIpc) is 2.31.